The first-order valence-electron chi connectivity index (χ1n) is 7.16. The Bertz CT molecular complexity index is 647. The van der Waals surface area contributed by atoms with Crippen molar-refractivity contribution in [1.29, 1.82) is 0 Å². The lowest BCUT2D eigenvalue weighted by Crippen LogP contribution is -2.38. The molecule has 0 saturated carbocycles. The van der Waals surface area contributed by atoms with Crippen LogP contribution in [0.1, 0.15) is 18.9 Å². The number of ether oxygens (including phenoxy) is 1. The molecular weight excluding hydrogens is 326 g/mol. The van der Waals surface area contributed by atoms with Crippen molar-refractivity contribution in [3.8, 4) is 5.75 Å². The van der Waals surface area contributed by atoms with Gasteiger partial charge < -0.3 is 9.64 Å². The van der Waals surface area contributed by atoms with E-state index in [0.29, 0.717) is 13.2 Å². The highest BCUT2D eigenvalue weighted by Crippen LogP contribution is 2.24. The normalized spacial score (nSPS) is 20.2. The van der Waals surface area contributed by atoms with Crippen molar-refractivity contribution >= 4 is 25.6 Å². The van der Waals surface area contributed by atoms with Gasteiger partial charge in [-0.15, -0.1) is 0 Å². The van der Waals surface area contributed by atoms with Crippen molar-refractivity contribution in [2.75, 3.05) is 18.9 Å². The number of carbonyl (C=O) groups excluding carboxylic acids is 1. The molecule has 122 valence electrons. The predicted molar refractivity (Wildman–Crippen MR) is 85.6 cm³/mol. The molecule has 2 atom stereocenters. The monoisotopic (exact) mass is 345 g/mol. The van der Waals surface area contributed by atoms with Gasteiger partial charge in [0, 0.05) is 29.6 Å². The number of halogens is 1. The van der Waals surface area contributed by atoms with Crippen LogP contribution in [0.5, 0.6) is 5.75 Å². The van der Waals surface area contributed by atoms with E-state index < -0.39 is 9.05 Å². The summed E-state index contributed by atoms with van der Waals surface area (Å²) < 4.78 is 28.0. The summed E-state index contributed by atoms with van der Waals surface area (Å²) in [6.45, 7) is 4.64. The van der Waals surface area contributed by atoms with E-state index in [2.05, 4.69) is 0 Å². The fourth-order valence-corrected chi connectivity index (χ4v) is 3.97. The predicted octanol–water partition coefficient (Wildman–Crippen LogP) is 2.18. The van der Waals surface area contributed by atoms with Crippen molar-refractivity contribution in [3.05, 3.63) is 29.8 Å². The summed E-state index contributed by atoms with van der Waals surface area (Å²) in [7, 11) is 1.69. The number of carbonyl (C=O) groups is 1. The summed E-state index contributed by atoms with van der Waals surface area (Å²) in [5, 5.41) is 0. The molecular formula is C15H20ClNO4S. The Kier molecular flexibility index (Phi) is 5.34. The molecule has 5 nitrogen and oxygen atoms in total. The van der Waals surface area contributed by atoms with Gasteiger partial charge in [-0.2, -0.15) is 0 Å². The van der Waals surface area contributed by atoms with Gasteiger partial charge in [0.15, 0.2) is 0 Å². The van der Waals surface area contributed by atoms with Gasteiger partial charge in [-0.1, -0.05) is 18.2 Å². The zero-order valence-corrected chi connectivity index (χ0v) is 14.2. The van der Waals surface area contributed by atoms with Crippen LogP contribution >= 0.6 is 10.7 Å². The van der Waals surface area contributed by atoms with Gasteiger partial charge in [0.2, 0.25) is 15.0 Å². The fraction of sp³-hybridized carbons (Fsp3) is 0.533. The van der Waals surface area contributed by atoms with E-state index in [1.807, 2.05) is 38.1 Å². The lowest BCUT2D eigenvalue weighted by molar-refractivity contribution is -0.129. The Hall–Kier alpha value is -1.27. The second kappa shape index (κ2) is 6.87. The van der Waals surface area contributed by atoms with Gasteiger partial charge in [-0.3, -0.25) is 4.79 Å². The van der Waals surface area contributed by atoms with Crippen molar-refractivity contribution in [2.45, 2.75) is 26.3 Å². The van der Waals surface area contributed by atoms with Crippen LogP contribution in [0, 0.1) is 12.8 Å². The Balaban J connectivity index is 1.91. The standard InChI is InChI=1S/C15H20ClNO4S/c1-11-5-3-4-6-14(11)21-9-12(2)17-8-13(7-15(17)18)10-22(16,19)20/h3-6,12-13H,7-10H2,1-2H3. The molecule has 0 bridgehead atoms. The molecule has 22 heavy (non-hydrogen) atoms. The molecule has 1 saturated heterocycles. The number of para-hydroxylation sites is 1. The summed E-state index contributed by atoms with van der Waals surface area (Å²) in [6, 6.07) is 7.57. The number of likely N-dealkylation sites (tertiary alicyclic amines) is 1. The third-order valence-corrected chi connectivity index (χ3v) is 5.03. The molecule has 0 spiro atoms. The zero-order chi connectivity index (χ0) is 16.3. The van der Waals surface area contributed by atoms with Crippen molar-refractivity contribution in [1.82, 2.24) is 4.90 Å². The minimum atomic E-state index is -3.58. The maximum atomic E-state index is 12.0. The van der Waals surface area contributed by atoms with Gasteiger partial charge in [0.05, 0.1) is 11.8 Å². The summed E-state index contributed by atoms with van der Waals surface area (Å²) in [5.74, 6) is 0.338. The molecule has 1 fully saturated rings. The SMILES string of the molecule is Cc1ccccc1OCC(C)N1CC(CS(=O)(=O)Cl)CC1=O. The van der Waals surface area contributed by atoms with E-state index >= 15 is 0 Å². The molecule has 0 radical (unpaired) electrons. The molecule has 2 rings (SSSR count). The van der Waals surface area contributed by atoms with Crippen LogP contribution in [0.15, 0.2) is 24.3 Å². The van der Waals surface area contributed by atoms with Crippen molar-refractivity contribution in [3.63, 3.8) is 0 Å². The lowest BCUT2D eigenvalue weighted by atomic mass is 10.1. The third kappa shape index (κ3) is 4.61. The molecule has 1 aliphatic heterocycles. The van der Waals surface area contributed by atoms with Crippen molar-refractivity contribution in [2.24, 2.45) is 5.92 Å². The minimum Gasteiger partial charge on any atom is -0.491 e. The molecule has 0 aromatic heterocycles. The van der Waals surface area contributed by atoms with E-state index in [1.54, 1.807) is 4.90 Å². The maximum Gasteiger partial charge on any atom is 0.232 e. The van der Waals surface area contributed by atoms with Gasteiger partial charge in [0.25, 0.3) is 0 Å². The quantitative estimate of drug-likeness (QED) is 0.741. The molecule has 1 aromatic rings. The lowest BCUT2D eigenvalue weighted by Gasteiger charge is -2.25. The second-order valence-electron chi connectivity index (χ2n) is 5.75. The average Bonchev–Trinajstić information content (AvgIpc) is 2.76. The Morgan fingerprint density at radius 2 is 2.09 bits per heavy atom. The number of benzene rings is 1. The first-order valence-corrected chi connectivity index (χ1v) is 9.64. The number of aryl methyl sites for hydroxylation is 1. The number of hydrogen-bond donors (Lipinski definition) is 0. The van der Waals surface area contributed by atoms with Crippen LogP contribution in [-0.4, -0.2) is 44.2 Å². The topological polar surface area (TPSA) is 63.7 Å². The summed E-state index contributed by atoms with van der Waals surface area (Å²) >= 11 is 0. The summed E-state index contributed by atoms with van der Waals surface area (Å²) in [4.78, 5) is 13.7. The maximum absolute atomic E-state index is 12.0. The highest BCUT2D eigenvalue weighted by molar-refractivity contribution is 8.13. The van der Waals surface area contributed by atoms with Crippen molar-refractivity contribution < 1.29 is 17.9 Å². The molecule has 1 amide bonds. The van der Waals surface area contributed by atoms with Crippen LogP contribution < -0.4 is 4.74 Å². The number of rotatable bonds is 6. The first-order chi connectivity index (χ1) is 10.3. The molecule has 1 aliphatic rings. The number of nitrogens with zero attached hydrogens (tertiary/aromatic N) is 1. The van der Waals surface area contributed by atoms with Crippen LogP contribution in [0.2, 0.25) is 0 Å². The smallest absolute Gasteiger partial charge is 0.232 e. The molecule has 2 unspecified atom stereocenters. The molecule has 0 aliphatic carbocycles. The molecule has 0 N–H and O–H groups in total. The number of amides is 1. The molecule has 1 heterocycles. The second-order valence-corrected chi connectivity index (χ2v) is 8.57. The first kappa shape index (κ1) is 17.1. The largest absolute Gasteiger partial charge is 0.491 e. The van der Waals surface area contributed by atoms with Gasteiger partial charge in [-0.25, -0.2) is 8.42 Å². The van der Waals surface area contributed by atoms with Gasteiger partial charge in [-0.05, 0) is 25.5 Å². The van der Waals surface area contributed by atoms with Gasteiger partial charge in [0.1, 0.15) is 12.4 Å². The zero-order valence-electron chi connectivity index (χ0n) is 12.7. The van der Waals surface area contributed by atoms with Crippen LogP contribution in [0.4, 0.5) is 0 Å². The van der Waals surface area contributed by atoms with E-state index in [1.165, 1.54) is 0 Å². The Labute approximate surface area is 135 Å². The van der Waals surface area contributed by atoms with E-state index in [9.17, 15) is 13.2 Å². The highest BCUT2D eigenvalue weighted by Gasteiger charge is 2.34. The summed E-state index contributed by atoms with van der Waals surface area (Å²) in [5.41, 5.74) is 1.04. The van der Waals surface area contributed by atoms with Crippen LogP contribution in [0.25, 0.3) is 0 Å². The average molecular weight is 346 g/mol. The minimum absolute atomic E-state index is 0.0498. The van der Waals surface area contributed by atoms with Gasteiger partial charge >= 0.3 is 0 Å². The van der Waals surface area contributed by atoms with E-state index in [4.69, 9.17) is 15.4 Å². The molecule has 7 heteroatoms. The van der Waals surface area contributed by atoms with Crippen LogP contribution in [-0.2, 0) is 13.8 Å². The van der Waals surface area contributed by atoms with E-state index in [-0.39, 0.29) is 30.0 Å². The summed E-state index contributed by atoms with van der Waals surface area (Å²) in [6.07, 6.45) is 0.223. The Morgan fingerprint density at radius 3 is 2.73 bits per heavy atom. The highest BCUT2D eigenvalue weighted by atomic mass is 35.7. The fourth-order valence-electron chi connectivity index (χ4n) is 2.65. The van der Waals surface area contributed by atoms with E-state index in [0.717, 1.165) is 11.3 Å². The number of hydrogen-bond acceptors (Lipinski definition) is 4. The third-order valence-electron chi connectivity index (χ3n) is 3.78. The Morgan fingerprint density at radius 1 is 1.41 bits per heavy atom. The molecule has 1 aromatic carbocycles. The van der Waals surface area contributed by atoms with Crippen LogP contribution in [0.3, 0.4) is 0 Å².